The van der Waals surface area contributed by atoms with Gasteiger partial charge in [-0.3, -0.25) is 0 Å². The van der Waals surface area contributed by atoms with E-state index < -0.39 is 0 Å². The van der Waals surface area contributed by atoms with Crippen LogP contribution in [0.1, 0.15) is 63.6 Å². The van der Waals surface area contributed by atoms with Crippen LogP contribution in [-0.2, 0) is 0 Å². The molecule has 0 saturated heterocycles. The number of hydrogen-bond donors (Lipinski definition) is 2. The van der Waals surface area contributed by atoms with E-state index in [1.165, 1.54) is 18.9 Å². The summed E-state index contributed by atoms with van der Waals surface area (Å²) in [4.78, 5) is 12.7. The molecular formula is C25H33FN2O. The van der Waals surface area contributed by atoms with Crippen molar-refractivity contribution in [1.82, 2.24) is 5.32 Å². The smallest absolute Gasteiger partial charge is 0.319 e. The van der Waals surface area contributed by atoms with E-state index in [2.05, 4.69) is 43.5 Å². The molecule has 4 heteroatoms. The van der Waals surface area contributed by atoms with Crippen molar-refractivity contribution in [3.8, 4) is 0 Å². The van der Waals surface area contributed by atoms with Gasteiger partial charge in [0, 0.05) is 5.69 Å². The predicted octanol–water partition coefficient (Wildman–Crippen LogP) is 6.85. The molecule has 0 aromatic heterocycles. The first-order valence-electron chi connectivity index (χ1n) is 10.6. The fraction of sp³-hybridized carbons (Fsp3) is 0.480. The van der Waals surface area contributed by atoms with Crippen LogP contribution in [0, 0.1) is 30.0 Å². The summed E-state index contributed by atoms with van der Waals surface area (Å²) < 4.78 is 13.8. The van der Waals surface area contributed by atoms with Crippen molar-refractivity contribution in [2.24, 2.45) is 17.3 Å². The Kier molecular flexibility index (Phi) is 6.61. The first kappa shape index (κ1) is 21.4. The summed E-state index contributed by atoms with van der Waals surface area (Å²) in [6, 6.07) is 14.6. The second-order valence-corrected chi connectivity index (χ2v) is 9.43. The van der Waals surface area contributed by atoms with Gasteiger partial charge in [0.1, 0.15) is 5.82 Å². The second kappa shape index (κ2) is 8.98. The third-order valence-corrected chi connectivity index (χ3v) is 6.34. The third kappa shape index (κ3) is 5.59. The number of aryl methyl sites for hydroxylation is 1. The largest absolute Gasteiger partial charge is 0.331 e. The molecule has 1 saturated carbocycles. The third-order valence-electron chi connectivity index (χ3n) is 6.34. The molecular weight excluding hydrogens is 363 g/mol. The maximum Gasteiger partial charge on any atom is 0.319 e. The molecule has 2 aromatic rings. The number of urea groups is 1. The maximum atomic E-state index is 13.8. The average Bonchev–Trinajstić information content (AvgIpc) is 2.69. The summed E-state index contributed by atoms with van der Waals surface area (Å²) in [5.41, 5.74) is 2.48. The summed E-state index contributed by atoms with van der Waals surface area (Å²) in [7, 11) is 0. The van der Waals surface area contributed by atoms with Crippen LogP contribution in [0.25, 0.3) is 0 Å². The highest BCUT2D eigenvalue weighted by Crippen LogP contribution is 2.43. The fourth-order valence-corrected chi connectivity index (χ4v) is 4.43. The number of halogens is 1. The maximum absolute atomic E-state index is 13.8. The Morgan fingerprint density at radius 2 is 1.69 bits per heavy atom. The highest BCUT2D eigenvalue weighted by atomic mass is 19.1. The number of amides is 2. The Balaban J connectivity index is 1.71. The lowest BCUT2D eigenvalue weighted by atomic mass is 9.68. The van der Waals surface area contributed by atoms with E-state index in [1.807, 2.05) is 18.2 Å². The lowest BCUT2D eigenvalue weighted by Gasteiger charge is -2.39. The molecule has 156 valence electrons. The van der Waals surface area contributed by atoms with Gasteiger partial charge in [0.05, 0.1) is 6.04 Å². The van der Waals surface area contributed by atoms with Crippen molar-refractivity contribution in [2.45, 2.75) is 59.4 Å². The molecule has 2 amide bonds. The summed E-state index contributed by atoms with van der Waals surface area (Å²) >= 11 is 0. The monoisotopic (exact) mass is 396 g/mol. The highest BCUT2D eigenvalue weighted by Gasteiger charge is 2.34. The highest BCUT2D eigenvalue weighted by molar-refractivity contribution is 5.89. The van der Waals surface area contributed by atoms with E-state index >= 15 is 0 Å². The van der Waals surface area contributed by atoms with Gasteiger partial charge in [-0.1, -0.05) is 57.2 Å². The number of hydrogen-bond acceptors (Lipinski definition) is 1. The minimum atomic E-state index is -0.317. The van der Waals surface area contributed by atoms with Crippen LogP contribution in [0.3, 0.4) is 0 Å². The Morgan fingerprint density at radius 3 is 2.28 bits per heavy atom. The molecule has 1 atom stereocenters. The Labute approximate surface area is 174 Å². The zero-order chi connectivity index (χ0) is 21.0. The Bertz CT molecular complexity index is 820. The van der Waals surface area contributed by atoms with Crippen LogP contribution in [0.5, 0.6) is 0 Å². The van der Waals surface area contributed by atoms with Crippen molar-refractivity contribution in [1.29, 1.82) is 0 Å². The topological polar surface area (TPSA) is 41.1 Å². The molecule has 1 unspecified atom stereocenters. The van der Waals surface area contributed by atoms with Crippen molar-refractivity contribution in [2.75, 3.05) is 5.32 Å². The standard InChI is InChI=1S/C25H33FN2O/c1-17-10-15-21(16-22(17)26)27-24(29)28-23(18-8-6-5-7-9-18)19-11-13-20(14-12-19)25(2,3)4/h5-10,15-16,19-20,23H,11-14H2,1-4H3,(H2,27,28,29). The Hall–Kier alpha value is -2.36. The molecule has 3 rings (SSSR count). The fourth-order valence-electron chi connectivity index (χ4n) is 4.43. The minimum absolute atomic E-state index is 0.0487. The zero-order valence-corrected chi connectivity index (χ0v) is 18.0. The second-order valence-electron chi connectivity index (χ2n) is 9.43. The molecule has 0 heterocycles. The van der Waals surface area contributed by atoms with Crippen molar-refractivity contribution in [3.63, 3.8) is 0 Å². The van der Waals surface area contributed by atoms with E-state index in [9.17, 15) is 9.18 Å². The first-order chi connectivity index (χ1) is 13.7. The van der Waals surface area contributed by atoms with Crippen LogP contribution in [-0.4, -0.2) is 6.03 Å². The number of benzene rings is 2. The summed E-state index contributed by atoms with van der Waals surface area (Å²) in [5, 5.41) is 5.96. The average molecular weight is 397 g/mol. The molecule has 0 bridgehead atoms. The molecule has 1 aliphatic rings. The molecule has 3 nitrogen and oxygen atoms in total. The van der Waals surface area contributed by atoms with Gasteiger partial charge in [0.2, 0.25) is 0 Å². The van der Waals surface area contributed by atoms with E-state index in [4.69, 9.17) is 0 Å². The molecule has 2 N–H and O–H groups in total. The van der Waals surface area contributed by atoms with E-state index in [1.54, 1.807) is 19.1 Å². The van der Waals surface area contributed by atoms with Crippen LogP contribution in [0.15, 0.2) is 48.5 Å². The lowest BCUT2D eigenvalue weighted by molar-refractivity contribution is 0.134. The van der Waals surface area contributed by atoms with Gasteiger partial charge >= 0.3 is 6.03 Å². The number of nitrogens with one attached hydrogen (secondary N) is 2. The first-order valence-corrected chi connectivity index (χ1v) is 10.6. The molecule has 2 aromatic carbocycles. The van der Waals surface area contributed by atoms with E-state index in [0.29, 0.717) is 22.6 Å². The number of rotatable bonds is 4. The summed E-state index contributed by atoms with van der Waals surface area (Å²) in [6.45, 7) is 8.66. The minimum Gasteiger partial charge on any atom is -0.331 e. The summed E-state index contributed by atoms with van der Waals surface area (Å²) in [6.07, 6.45) is 4.57. The van der Waals surface area contributed by atoms with Gasteiger partial charge < -0.3 is 10.6 Å². The molecule has 0 radical (unpaired) electrons. The zero-order valence-electron chi connectivity index (χ0n) is 18.0. The lowest BCUT2D eigenvalue weighted by Crippen LogP contribution is -2.38. The molecule has 1 aliphatic carbocycles. The van der Waals surface area contributed by atoms with Gasteiger partial charge in [-0.25, -0.2) is 9.18 Å². The van der Waals surface area contributed by atoms with Gasteiger partial charge in [-0.2, -0.15) is 0 Å². The Morgan fingerprint density at radius 1 is 1.03 bits per heavy atom. The van der Waals surface area contributed by atoms with Gasteiger partial charge in [-0.05, 0) is 73.1 Å². The quantitative estimate of drug-likeness (QED) is 0.583. The van der Waals surface area contributed by atoms with Crippen molar-refractivity contribution in [3.05, 3.63) is 65.5 Å². The SMILES string of the molecule is Cc1ccc(NC(=O)NC(c2ccccc2)C2CCC(C(C)(C)C)CC2)cc1F. The predicted molar refractivity (Wildman–Crippen MR) is 117 cm³/mol. The van der Waals surface area contributed by atoms with Gasteiger partial charge in [0.25, 0.3) is 0 Å². The van der Waals surface area contributed by atoms with Crippen molar-refractivity contribution >= 4 is 11.7 Å². The number of carbonyl (C=O) groups is 1. The van der Waals surface area contributed by atoms with Crippen molar-refractivity contribution < 1.29 is 9.18 Å². The normalized spacial score (nSPS) is 20.7. The van der Waals surface area contributed by atoms with Crippen LogP contribution in [0.2, 0.25) is 0 Å². The van der Waals surface area contributed by atoms with Gasteiger partial charge in [-0.15, -0.1) is 0 Å². The van der Waals surface area contributed by atoms with Gasteiger partial charge in [0.15, 0.2) is 0 Å². The molecule has 29 heavy (non-hydrogen) atoms. The molecule has 0 spiro atoms. The number of anilines is 1. The number of carbonyl (C=O) groups excluding carboxylic acids is 1. The molecule has 0 aliphatic heterocycles. The molecule has 1 fully saturated rings. The van der Waals surface area contributed by atoms with Crippen LogP contribution >= 0.6 is 0 Å². The van der Waals surface area contributed by atoms with E-state index in [-0.39, 0.29) is 17.9 Å². The van der Waals surface area contributed by atoms with Crippen LogP contribution < -0.4 is 10.6 Å². The van der Waals surface area contributed by atoms with E-state index in [0.717, 1.165) is 24.3 Å². The summed E-state index contributed by atoms with van der Waals surface area (Å²) in [5.74, 6) is 0.805. The van der Waals surface area contributed by atoms with Crippen LogP contribution in [0.4, 0.5) is 14.9 Å².